The summed E-state index contributed by atoms with van der Waals surface area (Å²) in [6, 6.07) is 16.2. The lowest BCUT2D eigenvalue weighted by Gasteiger charge is -2.26. The van der Waals surface area contributed by atoms with E-state index in [4.69, 9.17) is 0 Å². The van der Waals surface area contributed by atoms with Gasteiger partial charge in [0.2, 0.25) is 11.8 Å². The number of likely N-dealkylation sites (N-methyl/N-ethyl adjacent to an activating group) is 1. The van der Waals surface area contributed by atoms with E-state index in [-0.39, 0.29) is 18.2 Å². The van der Waals surface area contributed by atoms with Crippen LogP contribution < -0.4 is 0 Å². The van der Waals surface area contributed by atoms with Gasteiger partial charge in [-0.05, 0) is 50.3 Å². The largest absolute Gasteiger partial charge is 0.361 e. The van der Waals surface area contributed by atoms with Gasteiger partial charge >= 0.3 is 0 Å². The fourth-order valence-electron chi connectivity index (χ4n) is 5.14. The highest BCUT2D eigenvalue weighted by Gasteiger charge is 2.54. The number of carbonyl (C=O) groups excluding carboxylic acids is 2. The number of aromatic nitrogens is 2. The van der Waals surface area contributed by atoms with Gasteiger partial charge in [0.25, 0.3) is 0 Å². The molecule has 1 N–H and O–H groups in total. The van der Waals surface area contributed by atoms with E-state index >= 15 is 0 Å². The summed E-state index contributed by atoms with van der Waals surface area (Å²) in [5.41, 5.74) is 2.79. The summed E-state index contributed by atoms with van der Waals surface area (Å²) in [4.78, 5) is 33.5. The maximum Gasteiger partial charge on any atom is 0.244 e. The van der Waals surface area contributed by atoms with E-state index in [1.165, 1.54) is 4.90 Å². The lowest BCUT2D eigenvalue weighted by Crippen LogP contribution is -2.37. The Balaban J connectivity index is 1.75. The van der Waals surface area contributed by atoms with Gasteiger partial charge in [-0.25, -0.2) is 0 Å². The number of aromatic amines is 1. The number of benzene rings is 2. The summed E-state index contributed by atoms with van der Waals surface area (Å²) in [7, 11) is 5.74. The Morgan fingerprint density at radius 1 is 1.00 bits per heavy atom. The van der Waals surface area contributed by atoms with Crippen molar-refractivity contribution in [2.45, 2.75) is 24.8 Å². The Kier molecular flexibility index (Phi) is 4.90. The molecule has 2 aromatic heterocycles. The molecular formula is C26H28N4O2. The molecule has 0 radical (unpaired) electrons. The maximum atomic E-state index is 13.8. The number of H-pyrrole nitrogens is 1. The normalized spacial score (nSPS) is 19.2. The molecule has 1 aliphatic heterocycles. The fraction of sp³-hybridized carbons (Fsp3) is 0.308. The highest BCUT2D eigenvalue weighted by molar-refractivity contribution is 6.14. The van der Waals surface area contributed by atoms with Crippen LogP contribution in [0.1, 0.15) is 24.0 Å². The van der Waals surface area contributed by atoms with Crippen molar-refractivity contribution in [1.29, 1.82) is 0 Å². The van der Waals surface area contributed by atoms with Crippen LogP contribution >= 0.6 is 0 Å². The monoisotopic (exact) mass is 428 g/mol. The highest BCUT2D eigenvalue weighted by atomic mass is 16.2. The smallest absolute Gasteiger partial charge is 0.244 e. The number of fused-ring (bicyclic) bond motifs is 2. The van der Waals surface area contributed by atoms with Crippen molar-refractivity contribution in [2.24, 2.45) is 0 Å². The molecule has 3 heterocycles. The van der Waals surface area contributed by atoms with Crippen molar-refractivity contribution in [3.05, 3.63) is 72.1 Å². The number of amides is 2. The van der Waals surface area contributed by atoms with Crippen LogP contribution in [0.5, 0.6) is 0 Å². The number of hydrogen-bond donors (Lipinski definition) is 1. The second kappa shape index (κ2) is 7.64. The second-order valence-corrected chi connectivity index (χ2v) is 9.00. The summed E-state index contributed by atoms with van der Waals surface area (Å²) >= 11 is 0. The number of likely N-dealkylation sites (tertiary alicyclic amines) is 1. The quantitative estimate of drug-likeness (QED) is 0.476. The minimum atomic E-state index is -1.04. The van der Waals surface area contributed by atoms with E-state index in [1.807, 2.05) is 42.6 Å². The van der Waals surface area contributed by atoms with Crippen molar-refractivity contribution < 1.29 is 9.59 Å². The number of carbonyl (C=O) groups is 2. The van der Waals surface area contributed by atoms with Crippen molar-refractivity contribution in [3.63, 3.8) is 0 Å². The molecule has 2 aromatic carbocycles. The Morgan fingerprint density at radius 2 is 1.72 bits per heavy atom. The van der Waals surface area contributed by atoms with E-state index in [0.29, 0.717) is 0 Å². The van der Waals surface area contributed by atoms with Gasteiger partial charge in [-0.2, -0.15) is 0 Å². The average Bonchev–Trinajstić information content (AvgIpc) is 3.44. The van der Waals surface area contributed by atoms with Crippen LogP contribution in [0.2, 0.25) is 0 Å². The summed E-state index contributed by atoms with van der Waals surface area (Å²) < 4.78 is 2.24. The molecule has 1 aliphatic rings. The van der Waals surface area contributed by atoms with Crippen LogP contribution in [0.25, 0.3) is 21.8 Å². The number of nitrogens with zero attached hydrogens (tertiary/aromatic N) is 3. The van der Waals surface area contributed by atoms with Crippen molar-refractivity contribution in [3.8, 4) is 0 Å². The van der Waals surface area contributed by atoms with Gasteiger partial charge in [-0.15, -0.1) is 0 Å². The predicted molar refractivity (Wildman–Crippen MR) is 127 cm³/mol. The van der Waals surface area contributed by atoms with Crippen LogP contribution in [-0.4, -0.2) is 58.9 Å². The first-order valence-electron chi connectivity index (χ1n) is 11.0. The van der Waals surface area contributed by atoms with Gasteiger partial charge in [0, 0.05) is 47.8 Å². The molecule has 2 amide bonds. The first-order valence-corrected chi connectivity index (χ1v) is 11.0. The van der Waals surface area contributed by atoms with Crippen LogP contribution in [0, 0.1) is 0 Å². The number of para-hydroxylation sites is 2. The second-order valence-electron chi connectivity index (χ2n) is 9.00. The molecule has 1 atom stereocenters. The van der Waals surface area contributed by atoms with Crippen molar-refractivity contribution in [1.82, 2.24) is 19.4 Å². The summed E-state index contributed by atoms with van der Waals surface area (Å²) in [6.07, 6.45) is 5.15. The molecule has 6 heteroatoms. The Hall–Kier alpha value is -3.38. The number of imide groups is 1. The first-order chi connectivity index (χ1) is 15.4. The van der Waals surface area contributed by atoms with Crippen LogP contribution in [0.4, 0.5) is 0 Å². The highest BCUT2D eigenvalue weighted by Crippen LogP contribution is 2.47. The molecule has 0 spiro atoms. The van der Waals surface area contributed by atoms with Crippen LogP contribution in [0.15, 0.2) is 60.9 Å². The third-order valence-corrected chi connectivity index (χ3v) is 6.76. The standard InChI is InChI=1S/C26H28N4O2/c1-28(2)13-8-14-30-17-21(19-10-5-7-12-23(19)30)26(15-24(31)29(3)25(26)32)20-16-27-22-11-6-4-9-18(20)22/h4-7,9-12,16-17,27H,8,13-15H2,1-3H3. The molecule has 0 aliphatic carbocycles. The van der Waals surface area contributed by atoms with Crippen molar-refractivity contribution >= 4 is 33.6 Å². The van der Waals surface area contributed by atoms with Gasteiger partial charge in [0.05, 0.1) is 6.42 Å². The topological polar surface area (TPSA) is 61.3 Å². The number of hydrogen-bond acceptors (Lipinski definition) is 3. The van der Waals surface area contributed by atoms with Gasteiger partial charge in [-0.1, -0.05) is 36.4 Å². The third-order valence-electron chi connectivity index (χ3n) is 6.76. The molecule has 32 heavy (non-hydrogen) atoms. The van der Waals surface area contributed by atoms with E-state index in [2.05, 4.69) is 46.9 Å². The van der Waals surface area contributed by atoms with Crippen LogP contribution in [-0.2, 0) is 21.5 Å². The molecule has 0 saturated carbocycles. The van der Waals surface area contributed by atoms with Gasteiger partial charge in [0.1, 0.15) is 5.41 Å². The maximum absolute atomic E-state index is 13.8. The molecule has 0 bridgehead atoms. The molecule has 5 rings (SSSR count). The van der Waals surface area contributed by atoms with Crippen molar-refractivity contribution in [2.75, 3.05) is 27.7 Å². The van der Waals surface area contributed by atoms with Gasteiger partial charge < -0.3 is 14.5 Å². The summed E-state index contributed by atoms with van der Waals surface area (Å²) in [6.45, 7) is 1.83. The minimum absolute atomic E-state index is 0.135. The molecule has 4 aromatic rings. The third kappa shape index (κ3) is 2.98. The van der Waals surface area contributed by atoms with Crippen LogP contribution in [0.3, 0.4) is 0 Å². The lowest BCUT2D eigenvalue weighted by atomic mass is 9.73. The minimum Gasteiger partial charge on any atom is -0.361 e. The molecule has 1 saturated heterocycles. The number of aryl methyl sites for hydroxylation is 1. The number of rotatable bonds is 6. The SMILES string of the molecule is CN(C)CCCn1cc(C2(c3c[nH]c4ccccc34)CC(=O)N(C)C2=O)c2ccccc21. The van der Waals surface area contributed by atoms with E-state index in [0.717, 1.165) is 52.4 Å². The Labute approximate surface area is 187 Å². The predicted octanol–water partition coefficient (Wildman–Crippen LogP) is 3.75. The summed E-state index contributed by atoms with van der Waals surface area (Å²) in [5, 5.41) is 2.01. The first kappa shape index (κ1) is 20.5. The molecule has 164 valence electrons. The fourth-order valence-corrected chi connectivity index (χ4v) is 5.14. The molecule has 1 unspecified atom stereocenters. The zero-order chi connectivity index (χ0) is 22.5. The molecular weight excluding hydrogens is 400 g/mol. The van der Waals surface area contributed by atoms with E-state index < -0.39 is 5.41 Å². The zero-order valence-corrected chi connectivity index (χ0v) is 18.8. The van der Waals surface area contributed by atoms with Gasteiger partial charge in [0.15, 0.2) is 0 Å². The lowest BCUT2D eigenvalue weighted by molar-refractivity contribution is -0.137. The van der Waals surface area contributed by atoms with Gasteiger partial charge in [-0.3, -0.25) is 14.5 Å². The van der Waals surface area contributed by atoms with E-state index in [1.54, 1.807) is 7.05 Å². The zero-order valence-electron chi connectivity index (χ0n) is 18.8. The molecule has 6 nitrogen and oxygen atoms in total. The van der Waals surface area contributed by atoms with E-state index in [9.17, 15) is 9.59 Å². The Bertz CT molecular complexity index is 1330. The number of nitrogens with one attached hydrogen (secondary N) is 1. The Morgan fingerprint density at radius 3 is 2.44 bits per heavy atom. The summed E-state index contributed by atoms with van der Waals surface area (Å²) in [5.74, 6) is -0.312. The average molecular weight is 429 g/mol. The molecule has 1 fully saturated rings.